The van der Waals surface area contributed by atoms with E-state index in [0.29, 0.717) is 29.0 Å². The Morgan fingerprint density at radius 2 is 1.73 bits per heavy atom. The number of rotatable bonds is 4. The standard InChI is InChI=1S/C27H24N2O4/c1-5-32-19-9-7-18(8-10-19)24-23-25(30)20-12-16(3)17(4)13-21(20)33-26(23)27(31)29(24)22-11-6-15(2)14-28-22/h6-14,24H,5H2,1-4H3. The van der Waals surface area contributed by atoms with Gasteiger partial charge in [0.05, 0.1) is 23.6 Å². The zero-order valence-electron chi connectivity index (χ0n) is 19.0. The van der Waals surface area contributed by atoms with Gasteiger partial charge in [0.1, 0.15) is 17.2 Å². The number of nitrogens with zero attached hydrogens (tertiary/aromatic N) is 2. The zero-order valence-corrected chi connectivity index (χ0v) is 19.0. The van der Waals surface area contributed by atoms with Crippen molar-refractivity contribution in [3.8, 4) is 5.75 Å². The molecule has 166 valence electrons. The van der Waals surface area contributed by atoms with Crippen molar-refractivity contribution < 1.29 is 13.9 Å². The lowest BCUT2D eigenvalue weighted by Crippen LogP contribution is -2.30. The molecule has 0 spiro atoms. The Hall–Kier alpha value is -3.93. The quantitative estimate of drug-likeness (QED) is 0.433. The minimum absolute atomic E-state index is 0.0667. The SMILES string of the molecule is CCOc1ccc(C2c3c(oc4cc(C)c(C)cc4c3=O)C(=O)N2c2ccc(C)cn2)cc1. The molecule has 0 bridgehead atoms. The number of pyridine rings is 1. The number of benzene rings is 2. The monoisotopic (exact) mass is 440 g/mol. The number of hydrogen-bond donors (Lipinski definition) is 0. The summed E-state index contributed by atoms with van der Waals surface area (Å²) in [5.41, 5.74) is 4.30. The number of fused-ring (bicyclic) bond motifs is 2. The van der Waals surface area contributed by atoms with E-state index in [1.54, 1.807) is 17.2 Å². The van der Waals surface area contributed by atoms with Gasteiger partial charge >= 0.3 is 0 Å². The molecule has 1 aliphatic rings. The van der Waals surface area contributed by atoms with Crippen LogP contribution in [0.2, 0.25) is 0 Å². The Bertz CT molecular complexity index is 1440. The van der Waals surface area contributed by atoms with Crippen LogP contribution in [0.4, 0.5) is 5.82 Å². The Labute approximate surface area is 191 Å². The van der Waals surface area contributed by atoms with Crippen molar-refractivity contribution >= 4 is 22.7 Å². The fraction of sp³-hybridized carbons (Fsp3) is 0.222. The maximum atomic E-state index is 13.7. The summed E-state index contributed by atoms with van der Waals surface area (Å²) >= 11 is 0. The van der Waals surface area contributed by atoms with Gasteiger partial charge in [-0.15, -0.1) is 0 Å². The van der Waals surface area contributed by atoms with Crippen molar-refractivity contribution in [2.45, 2.75) is 33.7 Å². The summed E-state index contributed by atoms with van der Waals surface area (Å²) in [6.45, 7) is 8.32. The van der Waals surface area contributed by atoms with E-state index in [-0.39, 0.29) is 17.1 Å². The van der Waals surface area contributed by atoms with E-state index in [0.717, 1.165) is 28.0 Å². The molecule has 1 amide bonds. The van der Waals surface area contributed by atoms with Crippen molar-refractivity contribution in [1.82, 2.24) is 4.98 Å². The fourth-order valence-electron chi connectivity index (χ4n) is 4.30. The highest BCUT2D eigenvalue weighted by Gasteiger charge is 2.44. The largest absolute Gasteiger partial charge is 0.494 e. The van der Waals surface area contributed by atoms with Gasteiger partial charge in [-0.3, -0.25) is 14.5 Å². The summed E-state index contributed by atoms with van der Waals surface area (Å²) in [5.74, 6) is 0.878. The second-order valence-electron chi connectivity index (χ2n) is 8.38. The molecule has 0 fully saturated rings. The number of aryl methyl sites for hydroxylation is 3. The Morgan fingerprint density at radius 3 is 2.39 bits per heavy atom. The van der Waals surface area contributed by atoms with Crippen molar-refractivity contribution in [3.63, 3.8) is 0 Å². The maximum absolute atomic E-state index is 13.7. The molecule has 33 heavy (non-hydrogen) atoms. The smallest absolute Gasteiger partial charge is 0.296 e. The zero-order chi connectivity index (χ0) is 23.3. The van der Waals surface area contributed by atoms with Crippen LogP contribution in [-0.4, -0.2) is 17.5 Å². The van der Waals surface area contributed by atoms with Gasteiger partial charge in [-0.2, -0.15) is 0 Å². The first kappa shape index (κ1) is 20.9. The number of amides is 1. The van der Waals surface area contributed by atoms with Crippen LogP contribution in [0.5, 0.6) is 5.75 Å². The van der Waals surface area contributed by atoms with Crippen molar-refractivity contribution in [1.29, 1.82) is 0 Å². The number of anilines is 1. The lowest BCUT2D eigenvalue weighted by molar-refractivity contribution is 0.0970. The first-order valence-electron chi connectivity index (χ1n) is 11.0. The first-order chi connectivity index (χ1) is 15.9. The lowest BCUT2D eigenvalue weighted by Gasteiger charge is -2.24. The summed E-state index contributed by atoms with van der Waals surface area (Å²) in [6.07, 6.45) is 1.71. The lowest BCUT2D eigenvalue weighted by atomic mass is 9.97. The van der Waals surface area contributed by atoms with Crippen LogP contribution < -0.4 is 15.1 Å². The van der Waals surface area contributed by atoms with Crippen molar-refractivity contribution in [2.75, 3.05) is 11.5 Å². The molecular weight excluding hydrogens is 416 g/mol. The van der Waals surface area contributed by atoms with Gasteiger partial charge in [0.25, 0.3) is 5.91 Å². The molecule has 0 radical (unpaired) electrons. The van der Waals surface area contributed by atoms with Gasteiger partial charge in [-0.05, 0) is 80.3 Å². The molecule has 3 heterocycles. The summed E-state index contributed by atoms with van der Waals surface area (Å²) in [5, 5.41) is 0.472. The number of ether oxygens (including phenoxy) is 1. The molecule has 0 N–H and O–H groups in total. The average Bonchev–Trinajstić information content (AvgIpc) is 3.09. The highest BCUT2D eigenvalue weighted by Crippen LogP contribution is 2.41. The second kappa shape index (κ2) is 7.89. The average molecular weight is 440 g/mol. The molecule has 1 aliphatic heterocycles. The Balaban J connectivity index is 1.77. The molecule has 5 rings (SSSR count). The van der Waals surface area contributed by atoms with E-state index in [1.807, 2.05) is 70.2 Å². The molecule has 4 aromatic rings. The number of hydrogen-bond acceptors (Lipinski definition) is 5. The van der Waals surface area contributed by atoms with E-state index < -0.39 is 6.04 Å². The van der Waals surface area contributed by atoms with Gasteiger partial charge in [0.2, 0.25) is 5.76 Å². The van der Waals surface area contributed by atoms with E-state index in [1.165, 1.54) is 0 Å². The normalized spacial score (nSPS) is 15.2. The van der Waals surface area contributed by atoms with Crippen LogP contribution in [0.1, 0.15) is 51.3 Å². The highest BCUT2D eigenvalue weighted by molar-refractivity contribution is 6.10. The predicted molar refractivity (Wildman–Crippen MR) is 127 cm³/mol. The molecule has 1 atom stereocenters. The molecule has 0 saturated heterocycles. The minimum Gasteiger partial charge on any atom is -0.494 e. The van der Waals surface area contributed by atoms with Gasteiger partial charge < -0.3 is 9.15 Å². The maximum Gasteiger partial charge on any atom is 0.296 e. The first-order valence-corrected chi connectivity index (χ1v) is 11.0. The molecular formula is C27H24N2O4. The van der Waals surface area contributed by atoms with Crippen LogP contribution in [0.25, 0.3) is 11.0 Å². The summed E-state index contributed by atoms with van der Waals surface area (Å²) < 4.78 is 11.7. The molecule has 2 aromatic heterocycles. The summed E-state index contributed by atoms with van der Waals surface area (Å²) in [6, 6.07) is 14.1. The van der Waals surface area contributed by atoms with E-state index in [9.17, 15) is 9.59 Å². The van der Waals surface area contributed by atoms with Gasteiger partial charge in [0.15, 0.2) is 5.43 Å². The summed E-state index contributed by atoms with van der Waals surface area (Å²) in [7, 11) is 0. The predicted octanol–water partition coefficient (Wildman–Crippen LogP) is 5.26. The highest BCUT2D eigenvalue weighted by atomic mass is 16.5. The molecule has 0 aliphatic carbocycles. The molecule has 1 unspecified atom stereocenters. The van der Waals surface area contributed by atoms with Gasteiger partial charge in [-0.1, -0.05) is 18.2 Å². The minimum atomic E-state index is -0.652. The Kier molecular flexibility index (Phi) is 5.01. The van der Waals surface area contributed by atoms with Crippen LogP contribution in [0.15, 0.2) is 63.9 Å². The van der Waals surface area contributed by atoms with Gasteiger partial charge in [-0.25, -0.2) is 4.98 Å². The van der Waals surface area contributed by atoms with Gasteiger partial charge in [0, 0.05) is 6.20 Å². The third-order valence-corrected chi connectivity index (χ3v) is 6.14. The number of aromatic nitrogens is 1. The fourth-order valence-corrected chi connectivity index (χ4v) is 4.30. The topological polar surface area (TPSA) is 72.6 Å². The summed E-state index contributed by atoms with van der Waals surface area (Å²) in [4.78, 5) is 33.4. The molecule has 0 saturated carbocycles. The Morgan fingerprint density at radius 1 is 1.00 bits per heavy atom. The van der Waals surface area contributed by atoms with Crippen LogP contribution in [-0.2, 0) is 0 Å². The van der Waals surface area contributed by atoms with Crippen molar-refractivity contribution in [2.24, 2.45) is 0 Å². The number of carbonyl (C=O) groups excluding carboxylic acids is 1. The van der Waals surface area contributed by atoms with Crippen LogP contribution >= 0.6 is 0 Å². The van der Waals surface area contributed by atoms with Crippen LogP contribution in [0, 0.1) is 20.8 Å². The second-order valence-corrected chi connectivity index (χ2v) is 8.38. The molecule has 2 aromatic carbocycles. The third-order valence-electron chi connectivity index (χ3n) is 6.14. The van der Waals surface area contributed by atoms with E-state index in [2.05, 4.69) is 4.98 Å². The van der Waals surface area contributed by atoms with Crippen molar-refractivity contribution in [3.05, 3.63) is 98.5 Å². The van der Waals surface area contributed by atoms with E-state index >= 15 is 0 Å². The van der Waals surface area contributed by atoms with E-state index in [4.69, 9.17) is 9.15 Å². The number of carbonyl (C=O) groups is 1. The molecule has 6 heteroatoms. The third kappa shape index (κ3) is 3.39. The molecule has 6 nitrogen and oxygen atoms in total. The van der Waals surface area contributed by atoms with Crippen LogP contribution in [0.3, 0.4) is 0 Å².